The molecule has 0 saturated heterocycles. The number of ether oxygens (including phenoxy) is 3. The predicted octanol–water partition coefficient (Wildman–Crippen LogP) is 4.01. The average Bonchev–Trinajstić information content (AvgIpc) is 2.89. The molecule has 37 heavy (non-hydrogen) atoms. The number of benzene rings is 1. The maximum Gasteiger partial charge on any atom is 0.404 e. The lowest BCUT2D eigenvalue weighted by Crippen LogP contribution is -2.50. The summed E-state index contributed by atoms with van der Waals surface area (Å²) in [5, 5.41) is 25.6. The van der Waals surface area contributed by atoms with Gasteiger partial charge in [0.05, 0.1) is 25.9 Å². The van der Waals surface area contributed by atoms with E-state index in [0.717, 1.165) is 44.1 Å². The molecule has 210 valence electrons. The quantitative estimate of drug-likeness (QED) is 0.242. The first-order valence-corrected chi connectivity index (χ1v) is 13.5. The summed E-state index contributed by atoms with van der Waals surface area (Å²) in [5.41, 5.74) is 1.04. The van der Waals surface area contributed by atoms with E-state index < -0.39 is 18.2 Å². The van der Waals surface area contributed by atoms with Crippen LogP contribution in [-0.2, 0) is 16.0 Å². The second-order valence-corrected chi connectivity index (χ2v) is 10.3. The van der Waals surface area contributed by atoms with Crippen LogP contribution in [0.15, 0.2) is 18.2 Å². The lowest BCUT2D eigenvalue weighted by molar-refractivity contribution is -0.126. The van der Waals surface area contributed by atoms with Gasteiger partial charge in [-0.25, -0.2) is 4.79 Å². The van der Waals surface area contributed by atoms with E-state index in [-0.39, 0.29) is 30.2 Å². The van der Waals surface area contributed by atoms with Crippen LogP contribution in [0.1, 0.15) is 64.4 Å². The third kappa shape index (κ3) is 10.8. The van der Waals surface area contributed by atoms with E-state index in [1.54, 1.807) is 14.2 Å². The third-order valence-electron chi connectivity index (χ3n) is 7.21. The number of rotatable bonds is 16. The Labute approximate surface area is 221 Å². The van der Waals surface area contributed by atoms with E-state index in [1.165, 1.54) is 0 Å². The molecule has 9 heteroatoms. The molecule has 2 amide bonds. The summed E-state index contributed by atoms with van der Waals surface area (Å²) in [6, 6.07) is 5.11. The number of aliphatic hydroxyl groups excluding tert-OH is 1. The van der Waals surface area contributed by atoms with Gasteiger partial charge < -0.3 is 35.1 Å². The number of carbonyl (C=O) groups is 2. The van der Waals surface area contributed by atoms with Gasteiger partial charge in [-0.3, -0.25) is 4.79 Å². The number of methoxy groups -OCH3 is 2. The zero-order chi connectivity index (χ0) is 27.2. The van der Waals surface area contributed by atoms with Crippen molar-refractivity contribution in [3.05, 3.63) is 23.8 Å². The van der Waals surface area contributed by atoms with Gasteiger partial charge in [0.15, 0.2) is 11.5 Å². The van der Waals surface area contributed by atoms with Gasteiger partial charge in [-0.2, -0.15) is 0 Å². The smallest absolute Gasteiger partial charge is 0.404 e. The molecule has 0 heterocycles. The topological polar surface area (TPSA) is 126 Å². The van der Waals surface area contributed by atoms with Gasteiger partial charge in [-0.05, 0) is 55.2 Å². The van der Waals surface area contributed by atoms with Crippen LogP contribution in [0.2, 0.25) is 0 Å². The Hall–Kier alpha value is -2.52. The minimum absolute atomic E-state index is 0.0174. The van der Waals surface area contributed by atoms with Crippen LogP contribution in [0, 0.1) is 17.8 Å². The second kappa shape index (κ2) is 16.3. The first-order valence-electron chi connectivity index (χ1n) is 13.5. The van der Waals surface area contributed by atoms with E-state index in [9.17, 15) is 19.8 Å². The average molecular weight is 523 g/mol. The first-order chi connectivity index (χ1) is 17.7. The van der Waals surface area contributed by atoms with E-state index in [2.05, 4.69) is 24.5 Å². The van der Waals surface area contributed by atoms with Gasteiger partial charge >= 0.3 is 6.09 Å². The summed E-state index contributed by atoms with van der Waals surface area (Å²) in [6.45, 7) is 5.31. The molecule has 9 nitrogen and oxygen atoms in total. The number of nitrogens with one attached hydrogen (secondary N) is 2. The van der Waals surface area contributed by atoms with Crippen LogP contribution in [0.4, 0.5) is 4.79 Å². The summed E-state index contributed by atoms with van der Waals surface area (Å²) in [4.78, 5) is 24.0. The fraction of sp³-hybridized carbons (Fsp3) is 0.714. The predicted molar refractivity (Wildman–Crippen MR) is 142 cm³/mol. The summed E-state index contributed by atoms with van der Waals surface area (Å²) < 4.78 is 16.4. The van der Waals surface area contributed by atoms with Crippen molar-refractivity contribution in [3.8, 4) is 11.5 Å². The first kappa shape index (κ1) is 30.7. The van der Waals surface area contributed by atoms with Crippen LogP contribution < -0.4 is 20.1 Å². The van der Waals surface area contributed by atoms with Crippen LogP contribution in [-0.4, -0.2) is 68.3 Å². The van der Waals surface area contributed by atoms with Crippen molar-refractivity contribution in [2.75, 3.05) is 34.0 Å². The Balaban J connectivity index is 2.05. The number of amides is 2. The minimum atomic E-state index is -1.19. The van der Waals surface area contributed by atoms with E-state index in [1.807, 2.05) is 18.2 Å². The van der Waals surface area contributed by atoms with E-state index in [0.29, 0.717) is 37.6 Å². The number of carbonyl (C=O) groups excluding carboxylic acids is 1. The molecule has 1 aliphatic rings. The van der Waals surface area contributed by atoms with Gasteiger partial charge in [-0.1, -0.05) is 39.2 Å². The highest BCUT2D eigenvalue weighted by atomic mass is 16.5. The highest BCUT2D eigenvalue weighted by Gasteiger charge is 2.28. The summed E-state index contributed by atoms with van der Waals surface area (Å²) in [6.07, 6.45) is 4.63. The Bertz CT molecular complexity index is 827. The van der Waals surface area contributed by atoms with Gasteiger partial charge in [0.25, 0.3) is 0 Å². The second-order valence-electron chi connectivity index (χ2n) is 10.3. The van der Waals surface area contributed by atoms with Gasteiger partial charge in [0.2, 0.25) is 5.91 Å². The van der Waals surface area contributed by atoms with Crippen molar-refractivity contribution in [1.82, 2.24) is 10.6 Å². The molecule has 0 aliphatic heterocycles. The molecule has 1 saturated carbocycles. The summed E-state index contributed by atoms with van der Waals surface area (Å²) in [5.74, 6) is 1.55. The van der Waals surface area contributed by atoms with Gasteiger partial charge in [0.1, 0.15) is 0 Å². The number of hydrogen-bond donors (Lipinski definition) is 4. The Morgan fingerprint density at radius 3 is 2.43 bits per heavy atom. The lowest BCUT2D eigenvalue weighted by atomic mass is 9.83. The summed E-state index contributed by atoms with van der Waals surface area (Å²) >= 11 is 0. The molecule has 1 aromatic carbocycles. The minimum Gasteiger partial charge on any atom is -0.493 e. The molecule has 1 fully saturated rings. The molecule has 0 aromatic heterocycles. The lowest BCUT2D eigenvalue weighted by Gasteiger charge is -2.30. The largest absolute Gasteiger partial charge is 0.493 e. The Kier molecular flexibility index (Phi) is 13.6. The molecule has 1 aromatic rings. The zero-order valence-corrected chi connectivity index (χ0v) is 22.8. The molecule has 0 radical (unpaired) electrons. The standard InChI is InChI=1S/C28H46N2O7/c1-19(2)22(15-20-11-12-25(36-4)26(16-20)37-14-8-13-35-3)17-23(30-28(33)34)24(31)18-29-27(32)21-9-6-5-7-10-21/h11-12,16,19,21-24,30-31H,5-10,13-15,17-18H2,1-4H3,(H,29,32)(H,33,34)/t22-,23+,24-/m1/s1. The highest BCUT2D eigenvalue weighted by Crippen LogP contribution is 2.31. The van der Waals surface area contributed by atoms with Crippen LogP contribution >= 0.6 is 0 Å². The fourth-order valence-corrected chi connectivity index (χ4v) is 4.89. The molecule has 0 spiro atoms. The van der Waals surface area contributed by atoms with Gasteiger partial charge in [0, 0.05) is 32.6 Å². The van der Waals surface area contributed by atoms with Crippen molar-refractivity contribution in [1.29, 1.82) is 0 Å². The molecular weight excluding hydrogens is 476 g/mol. The molecule has 0 unspecified atom stereocenters. The van der Waals surface area contributed by atoms with Crippen molar-refractivity contribution < 1.29 is 34.0 Å². The van der Waals surface area contributed by atoms with Crippen LogP contribution in [0.5, 0.6) is 11.5 Å². The number of carboxylic acid groups (broad SMARTS) is 1. The highest BCUT2D eigenvalue weighted by molar-refractivity contribution is 5.78. The molecule has 3 atom stereocenters. The van der Waals surface area contributed by atoms with Crippen LogP contribution in [0.25, 0.3) is 0 Å². The molecular formula is C28H46N2O7. The summed E-state index contributed by atoms with van der Waals surface area (Å²) in [7, 11) is 3.26. The molecule has 0 bridgehead atoms. The molecule has 1 aliphatic carbocycles. The monoisotopic (exact) mass is 522 g/mol. The zero-order valence-electron chi connectivity index (χ0n) is 22.8. The molecule has 2 rings (SSSR count). The molecule has 4 N–H and O–H groups in total. The Morgan fingerprint density at radius 2 is 1.81 bits per heavy atom. The number of hydrogen-bond acceptors (Lipinski definition) is 6. The maximum absolute atomic E-state index is 12.5. The van der Waals surface area contributed by atoms with Crippen LogP contribution in [0.3, 0.4) is 0 Å². The number of aliphatic hydroxyl groups is 1. The van der Waals surface area contributed by atoms with E-state index in [4.69, 9.17) is 14.2 Å². The van der Waals surface area contributed by atoms with Crippen molar-refractivity contribution in [2.45, 2.75) is 77.4 Å². The fourth-order valence-electron chi connectivity index (χ4n) is 4.89. The van der Waals surface area contributed by atoms with Crippen molar-refractivity contribution in [3.63, 3.8) is 0 Å². The van der Waals surface area contributed by atoms with E-state index >= 15 is 0 Å². The normalized spacial score (nSPS) is 16.6. The van der Waals surface area contributed by atoms with Gasteiger partial charge in [-0.15, -0.1) is 0 Å². The van der Waals surface area contributed by atoms with Crippen molar-refractivity contribution in [2.24, 2.45) is 17.8 Å². The third-order valence-corrected chi connectivity index (χ3v) is 7.21. The van der Waals surface area contributed by atoms with Crippen molar-refractivity contribution >= 4 is 12.0 Å². The Morgan fingerprint density at radius 1 is 1.08 bits per heavy atom. The maximum atomic E-state index is 12.5. The SMILES string of the molecule is COCCCOc1cc(C[C@H](C[C@H](NC(=O)O)[C@H](O)CNC(=O)C2CCCCC2)C(C)C)ccc1OC.